The molecule has 45 heavy (non-hydrogen) atoms. The number of aliphatic hydroxyl groups is 1. The van der Waals surface area contributed by atoms with Crippen molar-refractivity contribution in [1.82, 2.24) is 31.5 Å². The molecule has 0 saturated heterocycles. The van der Waals surface area contributed by atoms with E-state index >= 15 is 0 Å². The summed E-state index contributed by atoms with van der Waals surface area (Å²) in [5, 5.41) is 21.0. The van der Waals surface area contributed by atoms with Crippen molar-refractivity contribution in [1.29, 1.82) is 0 Å². The number of primary amides is 1. The van der Waals surface area contributed by atoms with Gasteiger partial charge in [0.05, 0.1) is 26.1 Å². The molecule has 0 unspecified atom stereocenters. The third-order valence-electron chi connectivity index (χ3n) is 5.94. The highest BCUT2D eigenvalue weighted by atomic mass is 16.5. The molecule has 17 nitrogen and oxygen atoms in total. The van der Waals surface area contributed by atoms with Crippen LogP contribution in [0.2, 0.25) is 0 Å². The number of nitrogens with one attached hydrogen (secondary N) is 5. The molecule has 0 aromatic heterocycles. The lowest BCUT2D eigenvalue weighted by Crippen LogP contribution is -2.52. The third kappa shape index (κ3) is 19.1. The Morgan fingerprint density at radius 3 is 2.16 bits per heavy atom. The maximum Gasteiger partial charge on any atom is 0.243 e. The lowest BCUT2D eigenvalue weighted by Gasteiger charge is -2.19. The zero-order chi connectivity index (χ0) is 33.5. The van der Waals surface area contributed by atoms with Crippen molar-refractivity contribution in [3.63, 3.8) is 0 Å². The second-order valence-electron chi connectivity index (χ2n) is 9.73. The van der Waals surface area contributed by atoms with E-state index in [-0.39, 0.29) is 38.8 Å². The number of benzene rings is 1. The van der Waals surface area contributed by atoms with Crippen LogP contribution in [-0.2, 0) is 49.5 Å². The quantitative estimate of drug-likeness (QED) is 0.0256. The Morgan fingerprint density at radius 1 is 0.844 bits per heavy atom. The first-order valence-electron chi connectivity index (χ1n) is 14.1. The Bertz CT molecular complexity index is 1150. The summed E-state index contributed by atoms with van der Waals surface area (Å²) in [4.78, 5) is 95.3. The van der Waals surface area contributed by atoms with E-state index in [4.69, 9.17) is 15.6 Å². The van der Waals surface area contributed by atoms with Crippen molar-refractivity contribution in [2.45, 2.75) is 44.6 Å². The van der Waals surface area contributed by atoms with Crippen LogP contribution in [0.1, 0.15) is 37.7 Å². The van der Waals surface area contributed by atoms with Gasteiger partial charge < -0.3 is 47.1 Å². The second-order valence-corrected chi connectivity index (χ2v) is 9.73. The molecule has 1 aromatic rings. The largest absolute Gasteiger partial charge is 0.376 e. The van der Waals surface area contributed by atoms with Crippen LogP contribution in [0.5, 0.6) is 0 Å². The maximum atomic E-state index is 12.8. The topological polar surface area (TPSA) is 255 Å². The van der Waals surface area contributed by atoms with Gasteiger partial charge in [-0.25, -0.2) is 0 Å². The minimum absolute atomic E-state index is 0.0856. The summed E-state index contributed by atoms with van der Waals surface area (Å²) in [6.45, 7) is -2.08. The summed E-state index contributed by atoms with van der Waals surface area (Å²) < 4.78 is 4.94. The number of ether oxygens (including phenoxy) is 1. The van der Waals surface area contributed by atoms with Gasteiger partial charge in [0.15, 0.2) is 5.78 Å². The third-order valence-corrected chi connectivity index (χ3v) is 5.94. The number of nitrogens with two attached hydrogens (primary N) is 1. The number of ketones is 1. The van der Waals surface area contributed by atoms with Crippen molar-refractivity contribution < 1.29 is 48.2 Å². The molecular weight excluding hydrogens is 594 g/mol. The molecular formula is C28H41N7O10. The molecule has 0 bridgehead atoms. The Labute approximate surface area is 260 Å². The first-order valence-corrected chi connectivity index (χ1v) is 14.1. The molecule has 0 spiro atoms. The predicted octanol–water partition coefficient (Wildman–Crippen LogP) is -3.43. The summed E-state index contributed by atoms with van der Waals surface area (Å²) >= 11 is 0. The molecule has 0 saturated carbocycles. The van der Waals surface area contributed by atoms with Crippen LogP contribution in [0, 0.1) is 0 Å². The number of nitrogens with zero attached hydrogens (tertiary/aromatic N) is 1. The normalized spacial score (nSPS) is 11.0. The summed E-state index contributed by atoms with van der Waals surface area (Å²) in [7, 11) is 0. The van der Waals surface area contributed by atoms with E-state index in [1.54, 1.807) is 30.3 Å². The Hall–Kier alpha value is -4.90. The number of hydrogen-bond donors (Lipinski definition) is 7. The zero-order valence-electron chi connectivity index (χ0n) is 24.9. The molecule has 0 aliphatic heterocycles. The fourth-order valence-electron chi connectivity index (χ4n) is 3.64. The van der Waals surface area contributed by atoms with Crippen LogP contribution < -0.4 is 32.3 Å². The van der Waals surface area contributed by atoms with Crippen LogP contribution in [-0.4, -0.2) is 110 Å². The summed E-state index contributed by atoms with van der Waals surface area (Å²) in [6.07, 6.45) is 2.06. The van der Waals surface area contributed by atoms with Crippen molar-refractivity contribution in [3.8, 4) is 0 Å². The average molecular weight is 636 g/mol. The molecule has 0 aliphatic rings. The number of carbonyl (C=O) groups excluding carboxylic acids is 8. The van der Waals surface area contributed by atoms with Crippen molar-refractivity contribution >= 4 is 47.6 Å². The second kappa shape index (κ2) is 22.6. The van der Waals surface area contributed by atoms with Crippen LogP contribution in [0.25, 0.3) is 0 Å². The highest BCUT2D eigenvalue weighted by molar-refractivity contribution is 5.98. The van der Waals surface area contributed by atoms with Gasteiger partial charge in [-0.1, -0.05) is 36.8 Å². The summed E-state index contributed by atoms with van der Waals surface area (Å²) in [6, 6.07) is 7.68. The molecule has 1 atom stereocenters. The predicted molar refractivity (Wildman–Crippen MR) is 157 cm³/mol. The monoisotopic (exact) mass is 635 g/mol. The first kappa shape index (κ1) is 38.1. The van der Waals surface area contributed by atoms with Gasteiger partial charge >= 0.3 is 0 Å². The maximum absolute atomic E-state index is 12.8. The zero-order valence-corrected chi connectivity index (χ0v) is 24.9. The number of amides is 7. The van der Waals surface area contributed by atoms with Gasteiger partial charge in [0, 0.05) is 19.4 Å². The summed E-state index contributed by atoms with van der Waals surface area (Å²) in [5.74, 6) is -4.35. The minimum atomic E-state index is -1.09. The minimum Gasteiger partial charge on any atom is -0.376 e. The summed E-state index contributed by atoms with van der Waals surface area (Å²) in [5.41, 5.74) is 5.63. The fourth-order valence-corrected chi connectivity index (χ4v) is 3.64. The van der Waals surface area contributed by atoms with E-state index in [2.05, 4.69) is 26.6 Å². The Morgan fingerprint density at radius 2 is 1.49 bits per heavy atom. The standard InChI is InChI=1S/C28H41N7O10/c29-23(39)12-21(38)16-45-17-33-26(42)14-32-28(44)22(11-20-7-3-1-4-8-20)34-27(43)15-31-25(41)13-30-24(40)9-5-2-6-10-35(18-36)19-37/h1,3-4,7-8,18,22,37H,2,5-6,9-17,19H2,(H2,29,39)(H,30,40)(H,31,41)(H,32,44)(H,33,42)(H,34,43)/t22-/m0/s1. The first-order chi connectivity index (χ1) is 21.5. The van der Waals surface area contributed by atoms with Gasteiger partial charge in [-0.05, 0) is 18.4 Å². The SMILES string of the molecule is NC(=O)CC(=O)COCNC(=O)CNC(=O)[C@H](Cc1ccccc1)NC(=O)CNC(=O)CNC(=O)CCCCCN(C=O)CO. The lowest BCUT2D eigenvalue weighted by molar-refractivity contribution is -0.132. The van der Waals surface area contributed by atoms with E-state index in [1.165, 1.54) is 4.90 Å². The van der Waals surface area contributed by atoms with E-state index in [0.29, 0.717) is 32.2 Å². The van der Waals surface area contributed by atoms with Crippen LogP contribution in [0.3, 0.4) is 0 Å². The van der Waals surface area contributed by atoms with E-state index in [0.717, 1.165) is 5.56 Å². The smallest absolute Gasteiger partial charge is 0.243 e. The average Bonchev–Trinajstić information content (AvgIpc) is 3.01. The molecule has 0 aliphatic carbocycles. The van der Waals surface area contributed by atoms with Gasteiger partial charge in [-0.15, -0.1) is 0 Å². The molecule has 0 fully saturated rings. The number of carbonyl (C=O) groups is 8. The van der Waals surface area contributed by atoms with Crippen LogP contribution in [0.4, 0.5) is 0 Å². The number of unbranched alkanes of at least 4 members (excludes halogenated alkanes) is 2. The lowest BCUT2D eigenvalue weighted by atomic mass is 10.1. The number of rotatable bonds is 24. The molecule has 17 heteroatoms. The Kier molecular flexibility index (Phi) is 19.2. The highest BCUT2D eigenvalue weighted by Gasteiger charge is 2.22. The van der Waals surface area contributed by atoms with Gasteiger partial charge in [0.2, 0.25) is 41.9 Å². The number of Topliss-reactive ketones (excluding diaryl/α,β-unsaturated/α-hetero) is 1. The van der Waals surface area contributed by atoms with Gasteiger partial charge in [0.25, 0.3) is 0 Å². The molecule has 8 N–H and O–H groups in total. The highest BCUT2D eigenvalue weighted by Crippen LogP contribution is 2.04. The number of hydrogen-bond acceptors (Lipinski definition) is 10. The van der Waals surface area contributed by atoms with E-state index < -0.39 is 67.5 Å². The van der Waals surface area contributed by atoms with Crippen molar-refractivity contribution in [2.75, 3.05) is 46.2 Å². The van der Waals surface area contributed by atoms with E-state index in [9.17, 15) is 38.4 Å². The molecule has 1 rings (SSSR count). The molecule has 248 valence electrons. The molecule has 0 heterocycles. The molecule has 7 amide bonds. The van der Waals surface area contributed by atoms with Crippen molar-refractivity contribution in [3.05, 3.63) is 35.9 Å². The number of aliphatic hydroxyl groups excluding tert-OH is 1. The van der Waals surface area contributed by atoms with E-state index in [1.807, 2.05) is 0 Å². The molecule has 1 aromatic carbocycles. The van der Waals surface area contributed by atoms with Crippen LogP contribution >= 0.6 is 0 Å². The Balaban J connectivity index is 2.45. The van der Waals surface area contributed by atoms with Gasteiger partial charge in [-0.2, -0.15) is 0 Å². The van der Waals surface area contributed by atoms with Crippen molar-refractivity contribution in [2.24, 2.45) is 5.73 Å². The van der Waals surface area contributed by atoms with Gasteiger partial charge in [-0.3, -0.25) is 38.4 Å². The van der Waals surface area contributed by atoms with Gasteiger partial charge in [0.1, 0.15) is 26.1 Å². The molecule has 0 radical (unpaired) electrons. The van der Waals surface area contributed by atoms with Crippen LogP contribution in [0.15, 0.2) is 30.3 Å². The fraction of sp³-hybridized carbons (Fsp3) is 0.500.